The van der Waals surface area contributed by atoms with Gasteiger partial charge in [-0.2, -0.15) is 25.6 Å². The largest absolute Gasteiger partial charge is 0.397 e. The second-order valence-electron chi connectivity index (χ2n) is 6.97. The Kier molecular flexibility index (Phi) is 5.86. The lowest BCUT2D eigenvalue weighted by atomic mass is 10.1. The molecule has 3 aromatic carbocycles. The fourth-order valence-electron chi connectivity index (χ4n) is 2.98. The zero-order chi connectivity index (χ0) is 24.2. The molecule has 4 aromatic rings. The highest BCUT2D eigenvalue weighted by Gasteiger charge is 2.19. The summed E-state index contributed by atoms with van der Waals surface area (Å²) in [6, 6.07) is 13.6. The zero-order valence-corrected chi connectivity index (χ0v) is 17.5. The lowest BCUT2D eigenvalue weighted by Gasteiger charge is -2.05. The fourth-order valence-corrected chi connectivity index (χ4v) is 2.98. The fraction of sp³-hybridized carbons (Fsp3) is 0.0500. The first-order chi connectivity index (χ1) is 16.3. The van der Waals surface area contributed by atoms with Crippen LogP contribution in [0.3, 0.4) is 0 Å². The number of aromatic amines is 1. The number of nitrogens with one attached hydrogen (secondary N) is 2. The van der Waals surface area contributed by atoms with Gasteiger partial charge in [0.2, 0.25) is 0 Å². The first kappa shape index (κ1) is 21.9. The number of nitro groups is 2. The molecule has 0 saturated heterocycles. The van der Waals surface area contributed by atoms with E-state index in [9.17, 15) is 20.2 Å². The zero-order valence-electron chi connectivity index (χ0n) is 17.5. The summed E-state index contributed by atoms with van der Waals surface area (Å²) < 4.78 is 0. The van der Waals surface area contributed by atoms with Gasteiger partial charge in [-0.3, -0.25) is 25.7 Å². The monoisotopic (exact) mass is 460 g/mol. The molecule has 4 N–H and O–H groups in total. The molecule has 0 aliphatic carbocycles. The third kappa shape index (κ3) is 4.50. The van der Waals surface area contributed by atoms with Crippen molar-refractivity contribution in [3.8, 4) is 0 Å². The van der Waals surface area contributed by atoms with E-state index in [0.717, 1.165) is 12.1 Å². The molecule has 14 nitrogen and oxygen atoms in total. The molecule has 14 heteroatoms. The van der Waals surface area contributed by atoms with Crippen molar-refractivity contribution >= 4 is 50.9 Å². The van der Waals surface area contributed by atoms with E-state index in [2.05, 4.69) is 36.2 Å². The Morgan fingerprint density at radius 2 is 1.76 bits per heavy atom. The number of H-pyrrole nitrogens is 1. The van der Waals surface area contributed by atoms with Crippen LogP contribution in [-0.2, 0) is 0 Å². The van der Waals surface area contributed by atoms with Crippen LogP contribution in [0.1, 0.15) is 12.5 Å². The van der Waals surface area contributed by atoms with Gasteiger partial charge in [-0.25, -0.2) is 0 Å². The Balaban J connectivity index is 1.51. The van der Waals surface area contributed by atoms with E-state index >= 15 is 0 Å². The van der Waals surface area contributed by atoms with E-state index in [1.165, 1.54) is 6.07 Å². The van der Waals surface area contributed by atoms with Gasteiger partial charge >= 0.3 is 5.69 Å². The Morgan fingerprint density at radius 1 is 1.00 bits per heavy atom. The molecule has 1 heterocycles. The SMILES string of the molecule is C/C(=N\Nc1ccc([N+](=O)[O-])cc1[N+](=O)[O-])c1ccc(N=Nc2c(N)ccc3n[nH]nc23)cc1. The van der Waals surface area contributed by atoms with E-state index in [1.54, 1.807) is 43.3 Å². The van der Waals surface area contributed by atoms with Crippen LogP contribution in [0.2, 0.25) is 0 Å². The minimum atomic E-state index is -0.716. The number of hydrazone groups is 1. The van der Waals surface area contributed by atoms with Crippen molar-refractivity contribution in [2.24, 2.45) is 15.3 Å². The van der Waals surface area contributed by atoms with Gasteiger partial charge in [0.25, 0.3) is 5.69 Å². The van der Waals surface area contributed by atoms with Crippen molar-refractivity contribution in [2.75, 3.05) is 11.2 Å². The molecule has 0 unspecified atom stereocenters. The van der Waals surface area contributed by atoms with E-state index < -0.39 is 15.5 Å². The van der Waals surface area contributed by atoms with E-state index in [1.807, 2.05) is 0 Å². The molecule has 0 amide bonds. The van der Waals surface area contributed by atoms with Crippen LogP contribution in [0, 0.1) is 20.2 Å². The Morgan fingerprint density at radius 3 is 2.47 bits per heavy atom. The van der Waals surface area contributed by atoms with Crippen LogP contribution in [-0.4, -0.2) is 31.0 Å². The highest BCUT2D eigenvalue weighted by molar-refractivity contribution is 5.99. The van der Waals surface area contributed by atoms with Crippen molar-refractivity contribution < 1.29 is 9.85 Å². The molecule has 4 rings (SSSR count). The first-order valence-corrected chi connectivity index (χ1v) is 9.68. The number of hydrogen-bond donors (Lipinski definition) is 3. The highest BCUT2D eigenvalue weighted by atomic mass is 16.6. The van der Waals surface area contributed by atoms with Crippen molar-refractivity contribution in [2.45, 2.75) is 6.92 Å². The Hall–Kier alpha value is -5.27. The first-order valence-electron chi connectivity index (χ1n) is 9.68. The highest BCUT2D eigenvalue weighted by Crippen LogP contribution is 2.31. The van der Waals surface area contributed by atoms with Crippen LogP contribution in [0.25, 0.3) is 11.0 Å². The van der Waals surface area contributed by atoms with Crippen molar-refractivity contribution in [1.29, 1.82) is 0 Å². The molecule has 0 radical (unpaired) electrons. The molecule has 0 aliphatic heterocycles. The van der Waals surface area contributed by atoms with Gasteiger partial charge in [-0.1, -0.05) is 12.1 Å². The number of azo groups is 1. The van der Waals surface area contributed by atoms with Crippen LogP contribution < -0.4 is 11.2 Å². The summed E-state index contributed by atoms with van der Waals surface area (Å²) in [5.41, 5.74) is 11.5. The summed E-state index contributed by atoms with van der Waals surface area (Å²) in [5.74, 6) is 0. The van der Waals surface area contributed by atoms with Crippen LogP contribution in [0.4, 0.5) is 34.1 Å². The molecular weight excluding hydrogens is 444 g/mol. The summed E-state index contributed by atoms with van der Waals surface area (Å²) in [5, 5.41) is 45.2. The molecule has 1 aromatic heterocycles. The van der Waals surface area contributed by atoms with Gasteiger partial charge in [-0.05, 0) is 42.8 Å². The molecule has 170 valence electrons. The lowest BCUT2D eigenvalue weighted by molar-refractivity contribution is -0.393. The molecule has 0 bridgehead atoms. The normalized spacial score (nSPS) is 11.7. The number of nitrogens with two attached hydrogens (primary N) is 1. The van der Waals surface area contributed by atoms with Crippen molar-refractivity contribution in [3.63, 3.8) is 0 Å². The number of non-ortho nitro benzene ring substituents is 1. The average Bonchev–Trinajstić information content (AvgIpc) is 3.31. The smallest absolute Gasteiger partial charge is 0.301 e. The lowest BCUT2D eigenvalue weighted by Crippen LogP contribution is -2.02. The van der Waals surface area contributed by atoms with Gasteiger partial charge in [0.1, 0.15) is 22.4 Å². The molecule has 0 saturated carbocycles. The third-order valence-corrected chi connectivity index (χ3v) is 4.78. The van der Waals surface area contributed by atoms with Gasteiger partial charge in [0.05, 0.1) is 33.0 Å². The van der Waals surface area contributed by atoms with Gasteiger partial charge in [0.15, 0.2) is 0 Å². The predicted octanol–water partition coefficient (Wildman–Crippen LogP) is 4.61. The summed E-state index contributed by atoms with van der Waals surface area (Å²) in [6.07, 6.45) is 0. The number of aromatic nitrogens is 3. The second-order valence-corrected chi connectivity index (χ2v) is 6.97. The number of fused-ring (bicyclic) bond motifs is 1. The number of nitro benzene ring substituents is 2. The van der Waals surface area contributed by atoms with Crippen LogP contribution in [0.15, 0.2) is 69.9 Å². The number of nitrogens with zero attached hydrogens (tertiary/aromatic N) is 7. The summed E-state index contributed by atoms with van der Waals surface area (Å²) in [6.45, 7) is 1.70. The number of rotatable bonds is 7. The number of nitrogen functional groups attached to an aromatic ring is 1. The van der Waals surface area contributed by atoms with Crippen LogP contribution in [0.5, 0.6) is 0 Å². The van der Waals surface area contributed by atoms with E-state index in [-0.39, 0.29) is 11.4 Å². The maximum Gasteiger partial charge on any atom is 0.301 e. The van der Waals surface area contributed by atoms with E-state index in [0.29, 0.717) is 39.4 Å². The molecule has 0 atom stereocenters. The molecule has 0 fully saturated rings. The quantitative estimate of drug-likeness (QED) is 0.116. The van der Waals surface area contributed by atoms with E-state index in [4.69, 9.17) is 5.73 Å². The predicted molar refractivity (Wildman–Crippen MR) is 125 cm³/mol. The molecule has 34 heavy (non-hydrogen) atoms. The summed E-state index contributed by atoms with van der Waals surface area (Å²) in [4.78, 5) is 20.7. The number of anilines is 2. The Labute approximate surface area is 190 Å². The molecular formula is C20H16N10O4. The van der Waals surface area contributed by atoms with Gasteiger partial charge < -0.3 is 5.73 Å². The number of hydrogen-bond acceptors (Lipinski definition) is 11. The van der Waals surface area contributed by atoms with Crippen molar-refractivity contribution in [1.82, 2.24) is 15.4 Å². The standard InChI is InChI=1S/C20H16N10O4/c1-11(22-24-16-8-6-14(29(31)32)10-18(16)30(33)34)12-2-4-13(5-3-12)23-26-19-15(21)7-9-17-20(19)27-28-25-17/h2-10,24H,21H2,1H3,(H,25,27,28)/b22-11+,26-23?. The van der Waals surface area contributed by atoms with Gasteiger partial charge in [-0.15, -0.1) is 5.11 Å². The molecule has 0 aliphatic rings. The summed E-state index contributed by atoms with van der Waals surface area (Å²) in [7, 11) is 0. The molecule has 0 spiro atoms. The van der Waals surface area contributed by atoms with Gasteiger partial charge in [0, 0.05) is 6.07 Å². The third-order valence-electron chi connectivity index (χ3n) is 4.78. The minimum Gasteiger partial charge on any atom is -0.397 e. The summed E-state index contributed by atoms with van der Waals surface area (Å²) >= 11 is 0. The average molecular weight is 460 g/mol. The topological polar surface area (TPSA) is 203 Å². The second kappa shape index (κ2) is 9.07. The minimum absolute atomic E-state index is 0.0278. The number of benzene rings is 3. The van der Waals surface area contributed by atoms with Crippen LogP contribution >= 0.6 is 0 Å². The maximum atomic E-state index is 11.2. The van der Waals surface area contributed by atoms with Crippen molar-refractivity contribution in [3.05, 3.63) is 80.4 Å². The Bertz CT molecular complexity index is 1460. The maximum absolute atomic E-state index is 11.2.